The Morgan fingerprint density at radius 1 is 1.38 bits per heavy atom. The first kappa shape index (κ1) is 15.8. The zero-order chi connectivity index (χ0) is 15.4. The fourth-order valence-electron chi connectivity index (χ4n) is 1.93. The molecule has 0 saturated carbocycles. The van der Waals surface area contributed by atoms with Crippen LogP contribution in [-0.2, 0) is 13.0 Å². The van der Waals surface area contributed by atoms with Crippen molar-refractivity contribution in [3.05, 3.63) is 41.2 Å². The SMILES string of the molecule is COc1ccc(F)c(Cn2cc(C[C@H](C)SC)nn2)c1F. The van der Waals surface area contributed by atoms with Gasteiger partial charge in [0.2, 0.25) is 0 Å². The van der Waals surface area contributed by atoms with Crippen molar-refractivity contribution < 1.29 is 13.5 Å². The number of benzene rings is 1. The maximum Gasteiger partial charge on any atom is 0.173 e. The minimum Gasteiger partial charge on any atom is -0.494 e. The lowest BCUT2D eigenvalue weighted by Crippen LogP contribution is -2.06. The second kappa shape index (κ2) is 6.89. The van der Waals surface area contributed by atoms with Crippen molar-refractivity contribution in [3.63, 3.8) is 0 Å². The highest BCUT2D eigenvalue weighted by molar-refractivity contribution is 7.99. The van der Waals surface area contributed by atoms with Gasteiger partial charge in [0.1, 0.15) is 5.82 Å². The summed E-state index contributed by atoms with van der Waals surface area (Å²) in [6.45, 7) is 2.07. The number of ether oxygens (including phenoxy) is 1. The smallest absolute Gasteiger partial charge is 0.173 e. The molecule has 0 N–H and O–H groups in total. The van der Waals surface area contributed by atoms with Crippen molar-refractivity contribution in [1.82, 2.24) is 15.0 Å². The number of hydrogen-bond donors (Lipinski definition) is 0. The topological polar surface area (TPSA) is 39.9 Å². The summed E-state index contributed by atoms with van der Waals surface area (Å²) in [7, 11) is 1.34. The molecule has 114 valence electrons. The van der Waals surface area contributed by atoms with Crippen molar-refractivity contribution in [2.75, 3.05) is 13.4 Å². The Hall–Kier alpha value is -1.63. The average Bonchev–Trinajstić information content (AvgIpc) is 2.90. The van der Waals surface area contributed by atoms with Crippen LogP contribution in [0.4, 0.5) is 8.78 Å². The molecule has 0 radical (unpaired) electrons. The average molecular weight is 313 g/mol. The first-order valence-electron chi connectivity index (χ1n) is 6.47. The second-order valence-corrected chi connectivity index (χ2v) is 5.98. The molecule has 7 heteroatoms. The van der Waals surface area contributed by atoms with Gasteiger partial charge >= 0.3 is 0 Å². The van der Waals surface area contributed by atoms with E-state index in [1.54, 1.807) is 18.0 Å². The molecule has 0 aliphatic carbocycles. The van der Waals surface area contributed by atoms with E-state index in [9.17, 15) is 8.78 Å². The van der Waals surface area contributed by atoms with Crippen LogP contribution < -0.4 is 4.74 Å². The molecule has 1 atom stereocenters. The summed E-state index contributed by atoms with van der Waals surface area (Å²) in [6.07, 6.45) is 4.51. The summed E-state index contributed by atoms with van der Waals surface area (Å²) < 4.78 is 34.1. The van der Waals surface area contributed by atoms with E-state index in [1.807, 2.05) is 6.26 Å². The Bertz CT molecular complexity index is 618. The van der Waals surface area contributed by atoms with E-state index in [2.05, 4.69) is 17.2 Å². The van der Waals surface area contributed by atoms with Crippen molar-refractivity contribution >= 4 is 11.8 Å². The molecule has 4 nitrogen and oxygen atoms in total. The Morgan fingerprint density at radius 3 is 2.81 bits per heavy atom. The standard InChI is InChI=1S/C14H17F2N3OS/c1-9(21-3)6-10-7-19(18-17-10)8-11-12(15)4-5-13(20-2)14(11)16/h4-5,7,9H,6,8H2,1-3H3/t9-/m0/s1. The fourth-order valence-corrected chi connectivity index (χ4v) is 2.27. The number of hydrogen-bond acceptors (Lipinski definition) is 4. The normalized spacial score (nSPS) is 12.4. The Kier molecular flexibility index (Phi) is 5.17. The van der Waals surface area contributed by atoms with Crippen LogP contribution in [0.1, 0.15) is 18.2 Å². The van der Waals surface area contributed by atoms with Gasteiger partial charge in [-0.15, -0.1) is 5.10 Å². The third-order valence-electron chi connectivity index (χ3n) is 3.18. The van der Waals surface area contributed by atoms with E-state index in [0.717, 1.165) is 12.1 Å². The Balaban J connectivity index is 2.19. The molecule has 0 amide bonds. The second-order valence-electron chi connectivity index (χ2n) is 4.70. The fraction of sp³-hybridized carbons (Fsp3) is 0.429. The zero-order valence-electron chi connectivity index (χ0n) is 12.1. The monoisotopic (exact) mass is 313 g/mol. The highest BCUT2D eigenvalue weighted by Gasteiger charge is 2.16. The zero-order valence-corrected chi connectivity index (χ0v) is 13.0. The van der Waals surface area contributed by atoms with E-state index in [1.165, 1.54) is 23.9 Å². The van der Waals surface area contributed by atoms with Crippen LogP contribution in [0.15, 0.2) is 18.3 Å². The van der Waals surface area contributed by atoms with Gasteiger partial charge in [-0.3, -0.25) is 0 Å². The number of aromatic nitrogens is 3. The third kappa shape index (κ3) is 3.72. The number of nitrogens with zero attached hydrogens (tertiary/aromatic N) is 3. The minimum absolute atomic E-state index is 0.0164. The maximum absolute atomic E-state index is 14.1. The van der Waals surface area contributed by atoms with E-state index in [-0.39, 0.29) is 17.9 Å². The molecule has 1 heterocycles. The summed E-state index contributed by atoms with van der Waals surface area (Å²) >= 11 is 1.73. The predicted molar refractivity (Wildman–Crippen MR) is 78.7 cm³/mol. The lowest BCUT2D eigenvalue weighted by Gasteiger charge is -2.08. The summed E-state index contributed by atoms with van der Waals surface area (Å²) in [5.74, 6) is -1.31. The predicted octanol–water partition coefficient (Wildman–Crippen LogP) is 2.91. The van der Waals surface area contributed by atoms with Gasteiger partial charge in [0.15, 0.2) is 11.6 Å². The first-order valence-corrected chi connectivity index (χ1v) is 7.76. The van der Waals surface area contributed by atoms with E-state index in [4.69, 9.17) is 4.74 Å². The van der Waals surface area contributed by atoms with Gasteiger partial charge in [-0.1, -0.05) is 12.1 Å². The molecule has 2 aromatic rings. The van der Waals surface area contributed by atoms with Crippen LogP contribution in [-0.4, -0.2) is 33.6 Å². The third-order valence-corrected chi connectivity index (χ3v) is 4.15. The largest absolute Gasteiger partial charge is 0.494 e. The van der Waals surface area contributed by atoms with E-state index < -0.39 is 11.6 Å². The summed E-state index contributed by atoms with van der Waals surface area (Å²) in [6, 6.07) is 2.45. The highest BCUT2D eigenvalue weighted by atomic mass is 32.2. The number of methoxy groups -OCH3 is 1. The molecule has 0 fully saturated rings. The number of halogens is 2. The van der Waals surface area contributed by atoms with Crippen molar-refractivity contribution in [1.29, 1.82) is 0 Å². The summed E-state index contributed by atoms with van der Waals surface area (Å²) in [4.78, 5) is 0. The van der Waals surface area contributed by atoms with Crippen molar-refractivity contribution in [3.8, 4) is 5.75 Å². The molecule has 21 heavy (non-hydrogen) atoms. The molecule has 0 bridgehead atoms. The van der Waals surface area contributed by atoms with Crippen molar-refractivity contribution in [2.24, 2.45) is 0 Å². The molecule has 0 aliphatic rings. The molecule has 0 unspecified atom stereocenters. The van der Waals surface area contributed by atoms with E-state index in [0.29, 0.717) is 5.25 Å². The van der Waals surface area contributed by atoms with Crippen molar-refractivity contribution in [2.45, 2.75) is 25.1 Å². The van der Waals surface area contributed by atoms with Crippen LogP contribution in [0.2, 0.25) is 0 Å². The van der Waals surface area contributed by atoms with Gasteiger partial charge in [-0.25, -0.2) is 13.5 Å². The lowest BCUT2D eigenvalue weighted by atomic mass is 10.2. The quantitative estimate of drug-likeness (QED) is 0.822. The first-order chi connectivity index (χ1) is 10.0. The van der Waals surface area contributed by atoms with E-state index >= 15 is 0 Å². The molecule has 0 spiro atoms. The minimum atomic E-state index is -0.702. The molecular weight excluding hydrogens is 296 g/mol. The molecule has 1 aromatic carbocycles. The number of thioether (sulfide) groups is 1. The van der Waals surface area contributed by atoms with Crippen LogP contribution in [0, 0.1) is 11.6 Å². The molecule has 2 rings (SSSR count). The Morgan fingerprint density at radius 2 is 2.14 bits per heavy atom. The molecule has 0 aliphatic heterocycles. The van der Waals surface area contributed by atoms with Crippen LogP contribution in [0.3, 0.4) is 0 Å². The molecule has 1 aromatic heterocycles. The van der Waals surface area contributed by atoms with Gasteiger partial charge in [0.25, 0.3) is 0 Å². The summed E-state index contributed by atoms with van der Waals surface area (Å²) in [5.41, 5.74) is 0.726. The molecular formula is C14H17F2N3OS. The Labute approximate surface area is 126 Å². The summed E-state index contributed by atoms with van der Waals surface area (Å²) in [5, 5.41) is 8.36. The van der Waals surface area contributed by atoms with Gasteiger partial charge < -0.3 is 4.74 Å². The van der Waals surface area contributed by atoms with Crippen LogP contribution in [0.5, 0.6) is 5.75 Å². The van der Waals surface area contributed by atoms with Crippen LogP contribution in [0.25, 0.3) is 0 Å². The van der Waals surface area contributed by atoms with Crippen LogP contribution >= 0.6 is 11.8 Å². The lowest BCUT2D eigenvalue weighted by molar-refractivity contribution is 0.379. The van der Waals surface area contributed by atoms with Gasteiger partial charge in [-0.05, 0) is 18.4 Å². The number of rotatable bonds is 6. The highest BCUT2D eigenvalue weighted by Crippen LogP contribution is 2.23. The molecule has 0 saturated heterocycles. The maximum atomic E-state index is 14.1. The van der Waals surface area contributed by atoms with Gasteiger partial charge in [-0.2, -0.15) is 11.8 Å². The van der Waals surface area contributed by atoms with Gasteiger partial charge in [0, 0.05) is 23.4 Å². The van der Waals surface area contributed by atoms with Gasteiger partial charge in [0.05, 0.1) is 19.3 Å².